The standard InChI is InChI=1S/C24H29NO5S/c1-3-19-16-30-23(25(19)31(28,29)21-12-9-17(2)10-13-21)22-14-11-20(26)15-24(22,27)18-7-5-4-6-8-18/h4-10,12-13,19,22-23,27H,3,11,14-16H2,1-2H3/t19-,22-,23-,24+/m1/s1. The van der Waals surface area contributed by atoms with E-state index in [-0.39, 0.29) is 29.7 Å². The highest BCUT2D eigenvalue weighted by atomic mass is 32.2. The highest BCUT2D eigenvalue weighted by molar-refractivity contribution is 7.89. The molecule has 31 heavy (non-hydrogen) atoms. The van der Waals surface area contributed by atoms with Crippen LogP contribution < -0.4 is 0 Å². The van der Waals surface area contributed by atoms with Crippen molar-refractivity contribution < 1.29 is 23.1 Å². The van der Waals surface area contributed by atoms with Crippen molar-refractivity contribution in [3.05, 3.63) is 65.7 Å². The molecule has 2 fully saturated rings. The predicted octanol–water partition coefficient (Wildman–Crippen LogP) is 3.38. The zero-order chi connectivity index (χ0) is 22.2. The molecule has 0 unspecified atom stereocenters. The molecule has 4 atom stereocenters. The van der Waals surface area contributed by atoms with Gasteiger partial charge in [0, 0.05) is 18.8 Å². The quantitative estimate of drug-likeness (QED) is 0.766. The number of hydrogen-bond acceptors (Lipinski definition) is 5. The van der Waals surface area contributed by atoms with Gasteiger partial charge in [0.2, 0.25) is 10.0 Å². The van der Waals surface area contributed by atoms with Crippen LogP contribution in [0.2, 0.25) is 0 Å². The number of benzene rings is 2. The van der Waals surface area contributed by atoms with Crippen LogP contribution >= 0.6 is 0 Å². The number of nitrogens with zero attached hydrogens (tertiary/aromatic N) is 1. The van der Waals surface area contributed by atoms with Crippen LogP contribution in [0.5, 0.6) is 0 Å². The average Bonchev–Trinajstić information content (AvgIpc) is 3.19. The molecule has 1 saturated heterocycles. The molecular weight excluding hydrogens is 414 g/mol. The number of ether oxygens (including phenoxy) is 1. The maximum atomic E-state index is 13.7. The topological polar surface area (TPSA) is 83.9 Å². The summed E-state index contributed by atoms with van der Waals surface area (Å²) in [6.45, 7) is 4.11. The van der Waals surface area contributed by atoms with E-state index in [9.17, 15) is 18.3 Å². The highest BCUT2D eigenvalue weighted by Gasteiger charge is 2.54. The zero-order valence-corrected chi connectivity index (χ0v) is 18.7. The summed E-state index contributed by atoms with van der Waals surface area (Å²) in [5.41, 5.74) is 0.110. The van der Waals surface area contributed by atoms with E-state index in [1.807, 2.05) is 32.0 Å². The molecule has 2 aromatic rings. The monoisotopic (exact) mass is 443 g/mol. The van der Waals surface area contributed by atoms with Crippen LogP contribution in [0, 0.1) is 12.8 Å². The largest absolute Gasteiger partial charge is 0.384 e. The fourth-order valence-corrected chi connectivity index (χ4v) is 6.62. The van der Waals surface area contributed by atoms with E-state index >= 15 is 0 Å². The number of rotatable bonds is 5. The molecule has 2 aliphatic rings. The van der Waals surface area contributed by atoms with Crippen molar-refractivity contribution in [2.45, 2.75) is 62.3 Å². The van der Waals surface area contributed by atoms with Gasteiger partial charge >= 0.3 is 0 Å². The van der Waals surface area contributed by atoms with Crippen molar-refractivity contribution >= 4 is 15.8 Å². The Morgan fingerprint density at radius 1 is 1.13 bits per heavy atom. The van der Waals surface area contributed by atoms with Crippen molar-refractivity contribution in [3.8, 4) is 0 Å². The highest BCUT2D eigenvalue weighted by Crippen LogP contribution is 2.46. The van der Waals surface area contributed by atoms with Crippen LogP contribution in [0.3, 0.4) is 0 Å². The summed E-state index contributed by atoms with van der Waals surface area (Å²) in [6, 6.07) is 15.5. The van der Waals surface area contributed by atoms with Crippen LogP contribution in [0.25, 0.3) is 0 Å². The summed E-state index contributed by atoms with van der Waals surface area (Å²) in [7, 11) is -3.85. The first-order chi connectivity index (χ1) is 14.8. The molecule has 1 saturated carbocycles. The minimum absolute atomic E-state index is 0.0272. The second kappa shape index (κ2) is 8.47. The van der Waals surface area contributed by atoms with Crippen LogP contribution in [0.1, 0.15) is 43.7 Å². The van der Waals surface area contributed by atoms with Gasteiger partial charge in [-0.05, 0) is 37.5 Å². The SMILES string of the molecule is CC[C@@H]1CO[C@H]([C@H]2CCC(=O)C[C@]2(O)c2ccccc2)N1S(=O)(=O)c1ccc(C)cc1. The van der Waals surface area contributed by atoms with Gasteiger partial charge in [-0.1, -0.05) is 55.0 Å². The van der Waals surface area contributed by atoms with Gasteiger partial charge < -0.3 is 9.84 Å². The zero-order valence-electron chi connectivity index (χ0n) is 17.9. The van der Waals surface area contributed by atoms with E-state index in [4.69, 9.17) is 4.74 Å². The Morgan fingerprint density at radius 2 is 1.81 bits per heavy atom. The molecule has 4 rings (SSSR count). The molecule has 0 spiro atoms. The van der Waals surface area contributed by atoms with Crippen LogP contribution in [-0.4, -0.2) is 42.5 Å². The first kappa shape index (κ1) is 22.1. The Balaban J connectivity index is 1.77. The normalized spacial score (nSPS) is 29.9. The number of Topliss-reactive ketones (excluding diaryl/α,β-unsaturated/α-hetero) is 1. The molecule has 6 nitrogen and oxygen atoms in total. The summed E-state index contributed by atoms with van der Waals surface area (Å²) >= 11 is 0. The van der Waals surface area contributed by atoms with E-state index < -0.39 is 27.8 Å². The number of carbonyl (C=O) groups excluding carboxylic acids is 1. The average molecular weight is 444 g/mol. The first-order valence-electron chi connectivity index (χ1n) is 10.8. The van der Waals surface area contributed by atoms with Crippen molar-refractivity contribution in [1.29, 1.82) is 0 Å². The number of aryl methyl sites for hydroxylation is 1. The summed E-state index contributed by atoms with van der Waals surface area (Å²) in [5.74, 6) is -0.579. The van der Waals surface area contributed by atoms with Crippen molar-refractivity contribution in [2.24, 2.45) is 5.92 Å². The molecule has 1 aliphatic heterocycles. The maximum Gasteiger partial charge on any atom is 0.245 e. The third-order valence-electron chi connectivity index (χ3n) is 6.57. The second-order valence-electron chi connectivity index (χ2n) is 8.58. The van der Waals surface area contributed by atoms with Gasteiger partial charge in [0.25, 0.3) is 0 Å². The van der Waals surface area contributed by atoms with Gasteiger partial charge in [-0.25, -0.2) is 8.42 Å². The van der Waals surface area contributed by atoms with E-state index in [1.165, 1.54) is 4.31 Å². The fourth-order valence-electron chi connectivity index (χ4n) is 4.82. The minimum Gasteiger partial charge on any atom is -0.384 e. The summed E-state index contributed by atoms with van der Waals surface area (Å²) in [6.07, 6.45) is 0.378. The van der Waals surface area contributed by atoms with E-state index in [2.05, 4.69) is 0 Å². The lowest BCUT2D eigenvalue weighted by Crippen LogP contribution is -2.53. The predicted molar refractivity (Wildman–Crippen MR) is 117 cm³/mol. The lowest BCUT2D eigenvalue weighted by Gasteiger charge is -2.44. The lowest BCUT2D eigenvalue weighted by atomic mass is 9.70. The van der Waals surface area contributed by atoms with Gasteiger partial charge in [0.1, 0.15) is 17.6 Å². The third-order valence-corrected chi connectivity index (χ3v) is 8.50. The third kappa shape index (κ3) is 3.96. The summed E-state index contributed by atoms with van der Waals surface area (Å²) in [4.78, 5) is 12.5. The fraction of sp³-hybridized carbons (Fsp3) is 0.458. The number of hydrogen-bond donors (Lipinski definition) is 1. The molecule has 7 heteroatoms. The van der Waals surface area contributed by atoms with Crippen LogP contribution in [-0.2, 0) is 25.2 Å². The Hall–Kier alpha value is -2.06. The smallest absolute Gasteiger partial charge is 0.245 e. The van der Waals surface area contributed by atoms with Crippen LogP contribution in [0.4, 0.5) is 0 Å². The minimum atomic E-state index is -3.85. The molecule has 166 valence electrons. The van der Waals surface area contributed by atoms with Gasteiger partial charge in [0.15, 0.2) is 0 Å². The Morgan fingerprint density at radius 3 is 2.45 bits per heavy atom. The molecule has 1 heterocycles. The Bertz CT molecular complexity index is 1040. The Labute approximate surface area is 183 Å². The number of ketones is 1. The molecule has 0 amide bonds. The summed E-state index contributed by atoms with van der Waals surface area (Å²) < 4.78 is 34.9. The molecule has 0 radical (unpaired) electrons. The number of aliphatic hydroxyl groups is 1. The van der Waals surface area contributed by atoms with Gasteiger partial charge in [-0.2, -0.15) is 4.31 Å². The Kier molecular flexibility index (Phi) is 6.05. The van der Waals surface area contributed by atoms with E-state index in [1.54, 1.807) is 36.4 Å². The summed E-state index contributed by atoms with van der Waals surface area (Å²) in [5, 5.41) is 11.8. The molecule has 2 aromatic carbocycles. The van der Waals surface area contributed by atoms with Gasteiger partial charge in [-0.3, -0.25) is 4.79 Å². The number of sulfonamides is 1. The van der Waals surface area contributed by atoms with Crippen LogP contribution in [0.15, 0.2) is 59.5 Å². The van der Waals surface area contributed by atoms with Crippen molar-refractivity contribution in [2.75, 3.05) is 6.61 Å². The van der Waals surface area contributed by atoms with Gasteiger partial charge in [0.05, 0.1) is 17.5 Å². The van der Waals surface area contributed by atoms with Crippen molar-refractivity contribution in [1.82, 2.24) is 4.31 Å². The molecule has 0 aromatic heterocycles. The second-order valence-corrected chi connectivity index (χ2v) is 10.4. The van der Waals surface area contributed by atoms with E-state index in [0.717, 1.165) is 5.56 Å². The maximum absolute atomic E-state index is 13.7. The molecule has 1 N–H and O–H groups in total. The number of carbonyl (C=O) groups is 1. The van der Waals surface area contributed by atoms with E-state index in [0.29, 0.717) is 24.8 Å². The first-order valence-corrected chi connectivity index (χ1v) is 12.2. The lowest BCUT2D eigenvalue weighted by molar-refractivity contribution is -0.149. The van der Waals surface area contributed by atoms with Gasteiger partial charge in [-0.15, -0.1) is 0 Å². The molecular formula is C24H29NO5S. The molecule has 1 aliphatic carbocycles. The van der Waals surface area contributed by atoms with Crippen molar-refractivity contribution in [3.63, 3.8) is 0 Å². The molecule has 0 bridgehead atoms.